The maximum atomic E-state index is 13.1. The fraction of sp³-hybridized carbons (Fsp3) is 0.292. The van der Waals surface area contributed by atoms with Gasteiger partial charge in [0, 0.05) is 49.2 Å². The van der Waals surface area contributed by atoms with Crippen molar-refractivity contribution in [2.24, 2.45) is 0 Å². The zero-order valence-corrected chi connectivity index (χ0v) is 17.8. The van der Waals surface area contributed by atoms with Crippen LogP contribution in [0.1, 0.15) is 11.1 Å². The molecule has 0 spiro atoms. The largest absolute Gasteiger partial charge is 0.342 e. The molecule has 2 saturated heterocycles. The summed E-state index contributed by atoms with van der Waals surface area (Å²) in [7, 11) is 0. The highest BCUT2D eigenvalue weighted by atomic mass is 35.5. The number of benzene rings is 2. The Bertz CT molecular complexity index is 1130. The standard InChI is InChI=1S/C24H23ClN4O2/c25-18-8-6-16(7-9-18)13-21-24(31)29-12-11-28(15-22(29)23(30)27-21)14-17-3-1-5-20-19(17)4-2-10-26-20/h1-10,21-22H,11-15H2,(H,27,30)/t21-,22+/m0/s1. The molecule has 31 heavy (non-hydrogen) atoms. The van der Waals surface area contributed by atoms with E-state index in [2.05, 4.69) is 27.3 Å². The van der Waals surface area contributed by atoms with Crippen LogP contribution in [0.4, 0.5) is 0 Å². The van der Waals surface area contributed by atoms with Crippen molar-refractivity contribution >= 4 is 34.3 Å². The van der Waals surface area contributed by atoms with Gasteiger partial charge < -0.3 is 10.2 Å². The number of carbonyl (C=O) groups is 2. The van der Waals surface area contributed by atoms with Gasteiger partial charge in [-0.1, -0.05) is 41.9 Å². The van der Waals surface area contributed by atoms with Crippen LogP contribution in [0, 0.1) is 0 Å². The number of aromatic nitrogens is 1. The monoisotopic (exact) mass is 434 g/mol. The summed E-state index contributed by atoms with van der Waals surface area (Å²) in [5.74, 6) is -0.0867. The molecule has 2 atom stereocenters. The quantitative estimate of drug-likeness (QED) is 0.685. The van der Waals surface area contributed by atoms with Crippen LogP contribution in [0.3, 0.4) is 0 Å². The summed E-state index contributed by atoms with van der Waals surface area (Å²) in [6.07, 6.45) is 2.26. The van der Waals surface area contributed by atoms with Gasteiger partial charge in [-0.15, -0.1) is 0 Å². The van der Waals surface area contributed by atoms with Gasteiger partial charge in [0.25, 0.3) is 0 Å². The van der Waals surface area contributed by atoms with Gasteiger partial charge >= 0.3 is 0 Å². The third-order valence-electron chi connectivity index (χ3n) is 6.15. The molecular formula is C24H23ClN4O2. The highest BCUT2D eigenvalue weighted by molar-refractivity contribution is 6.30. The molecule has 1 N–H and O–H groups in total. The number of amides is 2. The summed E-state index contributed by atoms with van der Waals surface area (Å²) in [6, 6.07) is 16.6. The van der Waals surface area contributed by atoms with Gasteiger partial charge in [0.2, 0.25) is 11.8 Å². The average Bonchev–Trinajstić information content (AvgIpc) is 2.79. The highest BCUT2D eigenvalue weighted by Gasteiger charge is 2.43. The van der Waals surface area contributed by atoms with Gasteiger partial charge in [0.15, 0.2) is 0 Å². The molecule has 0 radical (unpaired) electrons. The Hall–Kier alpha value is -2.96. The van der Waals surface area contributed by atoms with Crippen molar-refractivity contribution in [2.45, 2.75) is 25.0 Å². The Balaban J connectivity index is 1.28. The van der Waals surface area contributed by atoms with E-state index in [0.717, 1.165) is 29.6 Å². The lowest BCUT2D eigenvalue weighted by atomic mass is 9.98. The van der Waals surface area contributed by atoms with Crippen LogP contribution in [-0.2, 0) is 22.6 Å². The Morgan fingerprint density at radius 3 is 2.71 bits per heavy atom. The van der Waals surface area contributed by atoms with E-state index in [1.54, 1.807) is 23.2 Å². The summed E-state index contributed by atoms with van der Waals surface area (Å²) in [5, 5.41) is 4.72. The first-order valence-electron chi connectivity index (χ1n) is 10.5. The predicted octanol–water partition coefficient (Wildman–Crippen LogP) is 2.64. The summed E-state index contributed by atoms with van der Waals surface area (Å²) < 4.78 is 0. The zero-order chi connectivity index (χ0) is 21.4. The second kappa shape index (κ2) is 8.29. The summed E-state index contributed by atoms with van der Waals surface area (Å²) >= 11 is 5.95. The number of rotatable bonds is 4. The molecular weight excluding hydrogens is 412 g/mol. The number of fused-ring (bicyclic) bond motifs is 2. The minimum Gasteiger partial charge on any atom is -0.342 e. The van der Waals surface area contributed by atoms with Crippen LogP contribution in [-0.4, -0.2) is 58.3 Å². The Morgan fingerprint density at radius 1 is 1.03 bits per heavy atom. The van der Waals surface area contributed by atoms with Gasteiger partial charge in [-0.05, 0) is 35.4 Å². The van der Waals surface area contributed by atoms with Crippen molar-refractivity contribution in [2.75, 3.05) is 19.6 Å². The van der Waals surface area contributed by atoms with Gasteiger partial charge in [-0.3, -0.25) is 19.5 Å². The van der Waals surface area contributed by atoms with Crippen LogP contribution in [0.2, 0.25) is 5.02 Å². The van der Waals surface area contributed by atoms with Crippen LogP contribution >= 0.6 is 11.6 Å². The van der Waals surface area contributed by atoms with E-state index in [0.29, 0.717) is 24.5 Å². The highest BCUT2D eigenvalue weighted by Crippen LogP contribution is 2.23. The number of piperazine rings is 2. The van der Waals surface area contributed by atoms with Crippen molar-refractivity contribution in [3.63, 3.8) is 0 Å². The number of nitrogens with zero attached hydrogens (tertiary/aromatic N) is 3. The number of hydrogen-bond donors (Lipinski definition) is 1. The zero-order valence-electron chi connectivity index (χ0n) is 17.0. The van der Waals surface area contributed by atoms with Crippen molar-refractivity contribution in [3.8, 4) is 0 Å². The number of pyridine rings is 1. The molecule has 0 unspecified atom stereocenters. The molecule has 0 aliphatic carbocycles. The maximum Gasteiger partial charge on any atom is 0.246 e. The first kappa shape index (κ1) is 20.0. The van der Waals surface area contributed by atoms with Gasteiger partial charge in [-0.2, -0.15) is 0 Å². The van der Waals surface area contributed by atoms with Gasteiger partial charge in [-0.25, -0.2) is 0 Å². The molecule has 2 fully saturated rings. The fourth-order valence-electron chi connectivity index (χ4n) is 4.54. The Kier molecular flexibility index (Phi) is 5.34. The van der Waals surface area contributed by atoms with Gasteiger partial charge in [0.05, 0.1) is 5.52 Å². The molecule has 6 nitrogen and oxygen atoms in total. The first-order valence-corrected chi connectivity index (χ1v) is 10.9. The SMILES string of the molecule is O=C1N[C@@H](Cc2ccc(Cl)cc2)C(=O)N2CCN(Cc3cccc4ncccc34)C[C@H]12. The molecule has 158 valence electrons. The smallest absolute Gasteiger partial charge is 0.246 e. The number of nitrogens with one attached hydrogen (secondary N) is 1. The van der Waals surface area contributed by atoms with Crippen molar-refractivity contribution in [3.05, 3.63) is 76.9 Å². The molecule has 2 aliphatic rings. The van der Waals surface area contributed by atoms with E-state index in [9.17, 15) is 9.59 Å². The first-order chi connectivity index (χ1) is 15.1. The Morgan fingerprint density at radius 2 is 1.87 bits per heavy atom. The molecule has 5 rings (SSSR count). The molecule has 2 aliphatic heterocycles. The number of hydrogen-bond acceptors (Lipinski definition) is 4. The molecule has 1 aromatic heterocycles. The normalized spacial score (nSPS) is 21.8. The van der Waals surface area contributed by atoms with Crippen LogP contribution < -0.4 is 5.32 Å². The predicted molar refractivity (Wildman–Crippen MR) is 120 cm³/mol. The molecule has 7 heteroatoms. The molecule has 2 aromatic carbocycles. The average molecular weight is 435 g/mol. The summed E-state index contributed by atoms with van der Waals surface area (Å²) in [6.45, 7) is 2.54. The maximum absolute atomic E-state index is 13.1. The molecule has 3 heterocycles. The molecule has 0 saturated carbocycles. The van der Waals surface area contributed by atoms with Crippen molar-refractivity contribution < 1.29 is 9.59 Å². The number of halogens is 1. The van der Waals surface area contributed by atoms with Crippen LogP contribution in [0.25, 0.3) is 10.9 Å². The van der Waals surface area contributed by atoms with E-state index in [1.807, 2.05) is 30.3 Å². The lowest BCUT2D eigenvalue weighted by Gasteiger charge is -2.45. The van der Waals surface area contributed by atoms with E-state index >= 15 is 0 Å². The molecule has 0 bridgehead atoms. The topological polar surface area (TPSA) is 65.5 Å². The Labute approximate surface area is 185 Å². The molecule has 2 amide bonds. The minimum absolute atomic E-state index is 0.00596. The second-order valence-corrected chi connectivity index (χ2v) is 8.60. The summed E-state index contributed by atoms with van der Waals surface area (Å²) in [4.78, 5) is 34.4. The van der Waals surface area contributed by atoms with Crippen molar-refractivity contribution in [1.82, 2.24) is 20.1 Å². The third-order valence-corrected chi connectivity index (χ3v) is 6.40. The van der Waals surface area contributed by atoms with Crippen LogP contribution in [0.5, 0.6) is 0 Å². The van der Waals surface area contributed by atoms with E-state index in [-0.39, 0.29) is 11.8 Å². The second-order valence-electron chi connectivity index (χ2n) is 8.16. The fourth-order valence-corrected chi connectivity index (χ4v) is 4.67. The van der Waals surface area contributed by atoms with Gasteiger partial charge in [0.1, 0.15) is 12.1 Å². The third kappa shape index (κ3) is 4.01. The van der Waals surface area contributed by atoms with Crippen LogP contribution in [0.15, 0.2) is 60.8 Å². The van der Waals surface area contributed by atoms with E-state index < -0.39 is 12.1 Å². The minimum atomic E-state index is -0.527. The van der Waals surface area contributed by atoms with E-state index in [1.165, 1.54) is 5.56 Å². The number of carbonyl (C=O) groups excluding carboxylic acids is 2. The molecule has 3 aromatic rings. The lowest BCUT2D eigenvalue weighted by molar-refractivity contribution is -0.153. The summed E-state index contributed by atoms with van der Waals surface area (Å²) in [5.41, 5.74) is 3.13. The lowest BCUT2D eigenvalue weighted by Crippen LogP contribution is -2.69. The van der Waals surface area contributed by atoms with Crippen molar-refractivity contribution in [1.29, 1.82) is 0 Å². The van der Waals surface area contributed by atoms with E-state index in [4.69, 9.17) is 11.6 Å².